The molecule has 0 aromatic heterocycles. The van der Waals surface area contributed by atoms with Gasteiger partial charge in [-0.05, 0) is 24.8 Å². The number of benzene rings is 1. The highest BCUT2D eigenvalue weighted by Crippen LogP contribution is 2.16. The second-order valence-electron chi connectivity index (χ2n) is 5.16. The monoisotopic (exact) mass is 391 g/mol. The predicted molar refractivity (Wildman–Crippen MR) is 92.0 cm³/mol. The second kappa shape index (κ2) is 8.44. The van der Waals surface area contributed by atoms with E-state index in [1.165, 1.54) is 18.9 Å². The van der Waals surface area contributed by atoms with E-state index in [9.17, 15) is 4.39 Å². The second-order valence-corrected chi connectivity index (χ2v) is 5.16. The van der Waals surface area contributed by atoms with Gasteiger partial charge in [-0.25, -0.2) is 4.39 Å². The molecule has 1 heterocycles. The quantitative estimate of drug-likeness (QED) is 0.476. The van der Waals surface area contributed by atoms with Crippen molar-refractivity contribution in [3.05, 3.63) is 35.6 Å². The highest BCUT2D eigenvalue weighted by Gasteiger charge is 2.18. The number of hydrogen-bond donors (Lipinski definition) is 1. The molecule has 0 bridgehead atoms. The molecule has 1 aliphatic rings. The molecule has 1 aliphatic heterocycles. The van der Waals surface area contributed by atoms with Gasteiger partial charge < -0.3 is 10.2 Å². The van der Waals surface area contributed by atoms with Gasteiger partial charge in [0.15, 0.2) is 5.96 Å². The molecule has 3 nitrogen and oxygen atoms in total. The molecule has 112 valence electrons. The molecule has 0 unspecified atom stereocenters. The molecule has 2 rings (SSSR count). The van der Waals surface area contributed by atoms with Crippen molar-refractivity contribution in [2.75, 3.05) is 20.1 Å². The summed E-state index contributed by atoms with van der Waals surface area (Å²) in [4.78, 5) is 6.54. The van der Waals surface area contributed by atoms with Gasteiger partial charge >= 0.3 is 0 Å². The molecule has 1 fully saturated rings. The van der Waals surface area contributed by atoms with Gasteiger partial charge in [0.2, 0.25) is 0 Å². The van der Waals surface area contributed by atoms with Crippen LogP contribution in [0, 0.1) is 11.7 Å². The topological polar surface area (TPSA) is 27.6 Å². The van der Waals surface area contributed by atoms with Gasteiger partial charge in [-0.2, -0.15) is 0 Å². The third kappa shape index (κ3) is 4.61. The van der Waals surface area contributed by atoms with Crippen LogP contribution in [0.25, 0.3) is 0 Å². The first-order valence-electron chi connectivity index (χ1n) is 6.89. The molecule has 0 spiro atoms. The van der Waals surface area contributed by atoms with Gasteiger partial charge in [0, 0.05) is 32.2 Å². The van der Waals surface area contributed by atoms with Crippen LogP contribution in [0.3, 0.4) is 0 Å². The predicted octanol–water partition coefficient (Wildman–Crippen LogP) is 3.25. The molecule has 1 N–H and O–H groups in total. The van der Waals surface area contributed by atoms with Gasteiger partial charge in [0.05, 0.1) is 0 Å². The summed E-state index contributed by atoms with van der Waals surface area (Å²) in [7, 11) is 1.78. The van der Waals surface area contributed by atoms with E-state index in [1.54, 1.807) is 19.2 Å². The normalized spacial score (nSPS) is 16.8. The average molecular weight is 391 g/mol. The van der Waals surface area contributed by atoms with Crippen molar-refractivity contribution in [1.29, 1.82) is 0 Å². The molecule has 0 amide bonds. The summed E-state index contributed by atoms with van der Waals surface area (Å²) in [6.45, 7) is 4.81. The van der Waals surface area contributed by atoms with E-state index in [0.29, 0.717) is 12.1 Å². The van der Waals surface area contributed by atoms with Crippen LogP contribution in [0.1, 0.15) is 25.3 Å². The van der Waals surface area contributed by atoms with Gasteiger partial charge in [-0.15, -0.1) is 24.0 Å². The fourth-order valence-electron chi connectivity index (χ4n) is 2.37. The van der Waals surface area contributed by atoms with Crippen LogP contribution < -0.4 is 5.32 Å². The van der Waals surface area contributed by atoms with Gasteiger partial charge in [-0.3, -0.25) is 4.99 Å². The lowest BCUT2D eigenvalue weighted by Gasteiger charge is -2.32. The Hall–Kier alpha value is -0.850. The number of guanidine groups is 1. The number of halogens is 2. The van der Waals surface area contributed by atoms with Crippen molar-refractivity contribution in [1.82, 2.24) is 10.2 Å². The summed E-state index contributed by atoms with van der Waals surface area (Å²) in [5.74, 6) is 1.49. The van der Waals surface area contributed by atoms with E-state index in [1.807, 2.05) is 6.07 Å². The lowest BCUT2D eigenvalue weighted by atomic mass is 9.99. The van der Waals surface area contributed by atoms with Gasteiger partial charge in [-0.1, -0.05) is 25.1 Å². The first-order chi connectivity index (χ1) is 9.20. The Morgan fingerprint density at radius 1 is 1.35 bits per heavy atom. The number of nitrogens with zero attached hydrogens (tertiary/aromatic N) is 2. The van der Waals surface area contributed by atoms with Crippen molar-refractivity contribution in [2.24, 2.45) is 10.9 Å². The lowest BCUT2D eigenvalue weighted by molar-refractivity contribution is 0.273. The maximum absolute atomic E-state index is 13.5. The minimum atomic E-state index is -0.169. The summed E-state index contributed by atoms with van der Waals surface area (Å²) in [6, 6.07) is 6.85. The zero-order valence-electron chi connectivity index (χ0n) is 12.1. The van der Waals surface area contributed by atoms with Crippen LogP contribution in [-0.4, -0.2) is 31.0 Å². The Morgan fingerprint density at radius 3 is 2.60 bits per heavy atom. The van der Waals surface area contributed by atoms with Crippen molar-refractivity contribution in [2.45, 2.75) is 26.3 Å². The summed E-state index contributed by atoms with van der Waals surface area (Å²) in [5, 5.41) is 3.25. The molecule has 5 heteroatoms. The molecule has 20 heavy (non-hydrogen) atoms. The maximum Gasteiger partial charge on any atom is 0.193 e. The summed E-state index contributed by atoms with van der Waals surface area (Å²) < 4.78 is 13.5. The van der Waals surface area contributed by atoms with E-state index in [0.717, 1.165) is 25.0 Å². The number of likely N-dealkylation sites (tertiary alicyclic amines) is 1. The Labute approximate surface area is 137 Å². The third-order valence-electron chi connectivity index (χ3n) is 3.69. The minimum Gasteiger partial charge on any atom is -0.352 e. The van der Waals surface area contributed by atoms with Crippen LogP contribution in [-0.2, 0) is 6.54 Å². The Balaban J connectivity index is 0.00000200. The van der Waals surface area contributed by atoms with Crippen LogP contribution in [0.2, 0.25) is 0 Å². The molecule has 1 aromatic rings. The van der Waals surface area contributed by atoms with Crippen molar-refractivity contribution < 1.29 is 4.39 Å². The smallest absolute Gasteiger partial charge is 0.193 e. The van der Waals surface area contributed by atoms with Gasteiger partial charge in [0.25, 0.3) is 0 Å². The molecule has 0 saturated carbocycles. The van der Waals surface area contributed by atoms with Crippen LogP contribution >= 0.6 is 24.0 Å². The van der Waals surface area contributed by atoms with Crippen molar-refractivity contribution in [3.8, 4) is 0 Å². The van der Waals surface area contributed by atoms with Crippen LogP contribution in [0.15, 0.2) is 29.3 Å². The summed E-state index contributed by atoms with van der Waals surface area (Å²) in [5.41, 5.74) is 0.675. The van der Waals surface area contributed by atoms with Crippen molar-refractivity contribution >= 4 is 29.9 Å². The van der Waals surface area contributed by atoms with Crippen LogP contribution in [0.5, 0.6) is 0 Å². The highest BCUT2D eigenvalue weighted by atomic mass is 127. The lowest BCUT2D eigenvalue weighted by Crippen LogP contribution is -2.45. The Bertz CT molecular complexity index is 442. The van der Waals surface area contributed by atoms with E-state index in [4.69, 9.17) is 0 Å². The number of piperidine rings is 1. The molecule has 1 aromatic carbocycles. The maximum atomic E-state index is 13.5. The zero-order chi connectivity index (χ0) is 13.7. The molecule has 1 saturated heterocycles. The first kappa shape index (κ1) is 17.2. The zero-order valence-corrected chi connectivity index (χ0v) is 14.4. The largest absolute Gasteiger partial charge is 0.352 e. The summed E-state index contributed by atoms with van der Waals surface area (Å²) in [6.07, 6.45) is 2.39. The molecule has 0 atom stereocenters. The molecule has 0 radical (unpaired) electrons. The standard InChI is InChI=1S/C15H22FN3.HI/c1-12-7-9-19(10-8-12)15(17-2)18-11-13-5-3-4-6-14(13)16;/h3-6,12H,7-11H2,1-2H3,(H,17,18);1H. The van der Waals surface area contributed by atoms with Crippen molar-refractivity contribution in [3.63, 3.8) is 0 Å². The molecular formula is C15H23FIN3. The number of hydrogen-bond acceptors (Lipinski definition) is 1. The van der Waals surface area contributed by atoms with E-state index in [-0.39, 0.29) is 29.8 Å². The highest BCUT2D eigenvalue weighted by molar-refractivity contribution is 14.0. The number of aliphatic imine (C=N–C) groups is 1. The average Bonchev–Trinajstić information content (AvgIpc) is 2.43. The number of nitrogens with one attached hydrogen (secondary N) is 1. The van der Waals surface area contributed by atoms with Gasteiger partial charge in [0.1, 0.15) is 5.82 Å². The fourth-order valence-corrected chi connectivity index (χ4v) is 2.37. The van der Waals surface area contributed by atoms with E-state index >= 15 is 0 Å². The minimum absolute atomic E-state index is 0. The first-order valence-corrected chi connectivity index (χ1v) is 6.89. The van der Waals surface area contributed by atoms with E-state index in [2.05, 4.69) is 22.1 Å². The SMILES string of the molecule is CN=C(NCc1ccccc1F)N1CCC(C)CC1.I. The Kier molecular flexibility index (Phi) is 7.26. The van der Waals surface area contributed by atoms with Crippen LogP contribution in [0.4, 0.5) is 4.39 Å². The van der Waals surface area contributed by atoms with E-state index < -0.39 is 0 Å². The fraction of sp³-hybridized carbons (Fsp3) is 0.533. The third-order valence-corrected chi connectivity index (χ3v) is 3.69. The summed E-state index contributed by atoms with van der Waals surface area (Å²) >= 11 is 0. The molecular weight excluding hydrogens is 368 g/mol. The Morgan fingerprint density at radius 2 is 2.00 bits per heavy atom. The number of rotatable bonds is 2. The molecule has 0 aliphatic carbocycles.